The molecule has 0 bridgehead atoms. The first-order valence-electron chi connectivity index (χ1n) is 13.7. The smallest absolute Gasteiger partial charge is 0.325 e. The Morgan fingerprint density at radius 3 is 2.11 bits per heavy atom. The second kappa shape index (κ2) is 13.5. The summed E-state index contributed by atoms with van der Waals surface area (Å²) < 4.78 is 45.9. The highest BCUT2D eigenvalue weighted by Gasteiger charge is 2.52. The van der Waals surface area contributed by atoms with E-state index in [9.17, 15) is 27.9 Å². The molecule has 11 nitrogen and oxygen atoms in total. The molecule has 234 valence electrons. The molecule has 3 aromatic carbocycles. The van der Waals surface area contributed by atoms with Crippen LogP contribution in [0.2, 0.25) is 0 Å². The molecule has 0 radical (unpaired) electrons. The Labute approximate surface area is 264 Å². The minimum absolute atomic E-state index is 0.0166. The zero-order valence-electron chi connectivity index (χ0n) is 24.3. The van der Waals surface area contributed by atoms with Crippen molar-refractivity contribution in [3.8, 4) is 5.75 Å². The number of hydrogen-bond acceptors (Lipinski definition) is 9. The molecule has 1 saturated heterocycles. The number of ether oxygens (including phenoxy) is 3. The van der Waals surface area contributed by atoms with Crippen LogP contribution in [0.1, 0.15) is 37.9 Å². The Kier molecular flexibility index (Phi) is 10.1. The highest BCUT2D eigenvalue weighted by atomic mass is 79.9. The van der Waals surface area contributed by atoms with Gasteiger partial charge in [-0.05, 0) is 47.5 Å². The summed E-state index contributed by atoms with van der Waals surface area (Å²) in [5, 5.41) is 9.79. The predicted molar refractivity (Wildman–Crippen MR) is 163 cm³/mol. The summed E-state index contributed by atoms with van der Waals surface area (Å²) in [6, 6.07) is 20.5. The highest BCUT2D eigenvalue weighted by molar-refractivity contribution is 9.10. The van der Waals surface area contributed by atoms with E-state index in [0.717, 1.165) is 10.0 Å². The van der Waals surface area contributed by atoms with Gasteiger partial charge < -0.3 is 25.1 Å². The number of carbonyl (C=O) groups excluding carboxylic acids is 2. The zero-order valence-corrected chi connectivity index (χ0v) is 26.7. The third kappa shape index (κ3) is 7.29. The van der Waals surface area contributed by atoms with Gasteiger partial charge in [0.1, 0.15) is 5.75 Å². The van der Waals surface area contributed by atoms with Gasteiger partial charge in [0.05, 0.1) is 29.9 Å². The normalized spacial score (nSPS) is 16.7. The number of sulfonamides is 1. The van der Waals surface area contributed by atoms with Gasteiger partial charge in [-0.15, -0.1) is 0 Å². The first-order valence-corrected chi connectivity index (χ1v) is 16.0. The molecule has 0 amide bonds. The SMILES string of the molecule is CC(OC(=O)C(C)C)OC(=O)[C@H](C(=O)O)C(N)c1cccc(S(=O)(=O)N2CC(Oc3ccc(Br)cc3)(c3ccccc3)C2)c1. The second-order valence-corrected chi connectivity index (χ2v) is 13.6. The van der Waals surface area contributed by atoms with Crippen molar-refractivity contribution in [1.82, 2.24) is 4.31 Å². The molecule has 1 aliphatic rings. The van der Waals surface area contributed by atoms with E-state index < -0.39 is 57.7 Å². The van der Waals surface area contributed by atoms with Crippen molar-refractivity contribution >= 4 is 43.9 Å². The average Bonchev–Trinajstić information content (AvgIpc) is 2.95. The van der Waals surface area contributed by atoms with Crippen LogP contribution in [-0.4, -0.2) is 55.1 Å². The lowest BCUT2D eigenvalue weighted by Gasteiger charge is -2.48. The summed E-state index contributed by atoms with van der Waals surface area (Å²) in [6.45, 7) is 4.49. The molecule has 0 aromatic heterocycles. The van der Waals surface area contributed by atoms with Gasteiger partial charge in [-0.2, -0.15) is 4.31 Å². The van der Waals surface area contributed by atoms with E-state index in [2.05, 4.69) is 15.9 Å². The summed E-state index contributed by atoms with van der Waals surface area (Å²) in [5.41, 5.74) is 6.15. The standard InChI is InChI=1S/C31H33BrN2O9S/c1-19(2)29(37)41-20(3)42-30(38)26(28(35)36)27(33)21-8-7-11-25(16-21)44(39,40)34-17-31(18-34,22-9-5-4-6-10-22)43-24-14-12-23(32)13-15-24/h4-16,19-20,26-27H,17-18,33H2,1-3H3,(H,35,36)/t20?,26-,27?/m0/s1. The first-order chi connectivity index (χ1) is 20.7. The maximum Gasteiger partial charge on any atom is 0.325 e. The molecule has 13 heteroatoms. The fourth-order valence-corrected chi connectivity index (χ4v) is 6.51. The fourth-order valence-electron chi connectivity index (χ4n) is 4.66. The van der Waals surface area contributed by atoms with E-state index in [1.165, 1.54) is 35.5 Å². The first kappa shape index (κ1) is 33.1. The molecular formula is C31H33BrN2O9S. The van der Waals surface area contributed by atoms with Gasteiger partial charge in [-0.1, -0.05) is 72.2 Å². The third-order valence-corrected chi connectivity index (χ3v) is 9.40. The number of carboxylic acid groups (broad SMARTS) is 1. The minimum atomic E-state index is -4.07. The Morgan fingerprint density at radius 1 is 0.909 bits per heavy atom. The van der Waals surface area contributed by atoms with Gasteiger partial charge in [0, 0.05) is 11.4 Å². The Morgan fingerprint density at radius 2 is 1.52 bits per heavy atom. The number of rotatable bonds is 12. The van der Waals surface area contributed by atoms with Crippen molar-refractivity contribution in [3.63, 3.8) is 0 Å². The van der Waals surface area contributed by atoms with Gasteiger partial charge in [0.2, 0.25) is 16.3 Å². The van der Waals surface area contributed by atoms with Crippen LogP contribution in [0.3, 0.4) is 0 Å². The number of nitrogens with zero attached hydrogens (tertiary/aromatic N) is 1. The topological polar surface area (TPSA) is 163 Å². The highest BCUT2D eigenvalue weighted by Crippen LogP contribution is 2.40. The number of carboxylic acids is 1. The Hall–Kier alpha value is -3.78. The van der Waals surface area contributed by atoms with Gasteiger partial charge in [0.25, 0.3) is 0 Å². The molecule has 1 fully saturated rings. The van der Waals surface area contributed by atoms with E-state index in [-0.39, 0.29) is 23.5 Å². The minimum Gasteiger partial charge on any atom is -0.481 e. The molecule has 0 spiro atoms. The van der Waals surface area contributed by atoms with E-state index in [4.69, 9.17) is 19.9 Å². The summed E-state index contributed by atoms with van der Waals surface area (Å²) in [4.78, 5) is 36.5. The molecule has 3 atom stereocenters. The zero-order chi connectivity index (χ0) is 32.2. The number of hydrogen-bond donors (Lipinski definition) is 2. The van der Waals surface area contributed by atoms with Crippen molar-refractivity contribution in [2.75, 3.05) is 13.1 Å². The van der Waals surface area contributed by atoms with Crippen LogP contribution in [0.5, 0.6) is 5.75 Å². The number of benzene rings is 3. The molecule has 44 heavy (non-hydrogen) atoms. The Bertz CT molecular complexity index is 1610. The van der Waals surface area contributed by atoms with Crippen LogP contribution in [0, 0.1) is 11.8 Å². The van der Waals surface area contributed by atoms with Crippen LogP contribution < -0.4 is 10.5 Å². The van der Waals surface area contributed by atoms with Crippen molar-refractivity contribution in [2.24, 2.45) is 17.6 Å². The van der Waals surface area contributed by atoms with Gasteiger partial charge in [-0.25, -0.2) is 8.42 Å². The maximum atomic E-state index is 13.7. The number of esters is 2. The maximum absolute atomic E-state index is 13.7. The number of nitrogens with two attached hydrogens (primary N) is 1. The van der Waals surface area contributed by atoms with Crippen molar-refractivity contribution < 1.29 is 42.1 Å². The molecule has 2 unspecified atom stereocenters. The van der Waals surface area contributed by atoms with Crippen molar-refractivity contribution in [3.05, 3.63) is 94.5 Å². The van der Waals surface area contributed by atoms with Gasteiger partial charge in [0.15, 0.2) is 11.5 Å². The van der Waals surface area contributed by atoms with Crippen LogP contribution >= 0.6 is 15.9 Å². The van der Waals surface area contributed by atoms with E-state index in [1.807, 2.05) is 42.5 Å². The number of carbonyl (C=O) groups is 3. The summed E-state index contributed by atoms with van der Waals surface area (Å²) in [5.74, 6) is -5.27. The molecule has 1 heterocycles. The largest absolute Gasteiger partial charge is 0.481 e. The quantitative estimate of drug-likeness (QED) is 0.160. The average molecular weight is 690 g/mol. The molecule has 4 rings (SSSR count). The van der Waals surface area contributed by atoms with Crippen LogP contribution in [0.15, 0.2) is 88.2 Å². The Balaban J connectivity index is 1.54. The van der Waals surface area contributed by atoms with Gasteiger partial charge in [-0.3, -0.25) is 14.4 Å². The molecule has 0 saturated carbocycles. The number of aliphatic carboxylic acids is 1. The third-order valence-electron chi connectivity index (χ3n) is 7.09. The lowest BCUT2D eigenvalue weighted by atomic mass is 9.87. The van der Waals surface area contributed by atoms with E-state index >= 15 is 0 Å². The lowest BCUT2D eigenvalue weighted by Crippen LogP contribution is -2.64. The summed E-state index contributed by atoms with van der Waals surface area (Å²) in [6.07, 6.45) is -1.35. The van der Waals surface area contributed by atoms with E-state index in [0.29, 0.717) is 5.75 Å². The predicted octanol–water partition coefficient (Wildman–Crippen LogP) is 4.22. The van der Waals surface area contributed by atoms with Crippen LogP contribution in [0.4, 0.5) is 0 Å². The molecular weight excluding hydrogens is 656 g/mol. The number of halogens is 1. The van der Waals surface area contributed by atoms with Gasteiger partial charge >= 0.3 is 17.9 Å². The van der Waals surface area contributed by atoms with Crippen molar-refractivity contribution in [1.29, 1.82) is 0 Å². The summed E-state index contributed by atoms with van der Waals surface area (Å²) >= 11 is 3.40. The van der Waals surface area contributed by atoms with Crippen LogP contribution in [-0.2, 0) is 39.5 Å². The fraction of sp³-hybridized carbons (Fsp3) is 0.323. The molecule has 1 aliphatic heterocycles. The van der Waals surface area contributed by atoms with Crippen LogP contribution in [0.25, 0.3) is 0 Å². The van der Waals surface area contributed by atoms with E-state index in [1.54, 1.807) is 26.0 Å². The summed E-state index contributed by atoms with van der Waals surface area (Å²) in [7, 11) is -4.07. The van der Waals surface area contributed by atoms with Crippen molar-refractivity contribution in [2.45, 2.75) is 43.6 Å². The molecule has 3 N–H and O–H groups in total. The monoisotopic (exact) mass is 688 g/mol. The molecule has 0 aliphatic carbocycles. The lowest BCUT2D eigenvalue weighted by molar-refractivity contribution is -0.191. The second-order valence-electron chi connectivity index (χ2n) is 10.7. The molecule has 3 aromatic rings.